The van der Waals surface area contributed by atoms with E-state index in [0.29, 0.717) is 0 Å². The quantitative estimate of drug-likeness (QED) is 0.743. The molecule has 0 aliphatic rings. The summed E-state index contributed by atoms with van der Waals surface area (Å²) < 4.78 is 42.0. The van der Waals surface area contributed by atoms with Gasteiger partial charge in [0.25, 0.3) is 0 Å². The fourth-order valence-electron chi connectivity index (χ4n) is 1.82. The molecule has 1 atom stereocenters. The molecule has 1 heterocycles. The molecule has 1 unspecified atom stereocenters. The zero-order chi connectivity index (χ0) is 14.6. The summed E-state index contributed by atoms with van der Waals surface area (Å²) in [4.78, 5) is 0.175. The highest BCUT2D eigenvalue weighted by molar-refractivity contribution is 8.00. The Bertz CT molecular complexity index is 522. The van der Waals surface area contributed by atoms with E-state index in [1.165, 1.54) is 12.1 Å². The van der Waals surface area contributed by atoms with Gasteiger partial charge in [-0.05, 0) is 54.6 Å². The van der Waals surface area contributed by atoms with Crippen LogP contribution in [0.15, 0.2) is 52.0 Å². The second kappa shape index (κ2) is 6.26. The summed E-state index contributed by atoms with van der Waals surface area (Å²) in [6.07, 6.45) is 2.41. The van der Waals surface area contributed by atoms with Gasteiger partial charge < -0.3 is 9.73 Å². The largest absolute Gasteiger partial charge is 0.467 e. The van der Waals surface area contributed by atoms with Crippen molar-refractivity contribution in [1.82, 2.24) is 0 Å². The third-order valence-electron chi connectivity index (χ3n) is 2.72. The zero-order valence-electron chi connectivity index (χ0n) is 10.8. The second-order valence-corrected chi connectivity index (χ2v) is 5.33. The molecule has 2 nitrogen and oxygen atoms in total. The predicted octanol–water partition coefficient (Wildman–Crippen LogP) is 5.45. The Morgan fingerprint density at radius 3 is 2.40 bits per heavy atom. The van der Waals surface area contributed by atoms with Gasteiger partial charge in [-0.1, -0.05) is 6.92 Å². The molecule has 0 spiro atoms. The minimum Gasteiger partial charge on any atom is -0.467 e. The third-order valence-corrected chi connectivity index (χ3v) is 3.46. The summed E-state index contributed by atoms with van der Waals surface area (Å²) in [5.74, 6) is 0.807. The molecule has 0 fully saturated rings. The van der Waals surface area contributed by atoms with Crippen LogP contribution < -0.4 is 5.32 Å². The molecule has 2 rings (SSSR count). The fourth-order valence-corrected chi connectivity index (χ4v) is 2.36. The van der Waals surface area contributed by atoms with Crippen LogP contribution in [0.3, 0.4) is 0 Å². The average molecular weight is 301 g/mol. The van der Waals surface area contributed by atoms with Crippen LogP contribution in [0.2, 0.25) is 0 Å². The second-order valence-electron chi connectivity index (χ2n) is 4.19. The van der Waals surface area contributed by atoms with E-state index in [4.69, 9.17) is 4.42 Å². The summed E-state index contributed by atoms with van der Waals surface area (Å²) >= 11 is -0.114. The first-order valence-corrected chi connectivity index (χ1v) is 6.95. The maximum absolute atomic E-state index is 12.2. The smallest absolute Gasteiger partial charge is 0.446 e. The van der Waals surface area contributed by atoms with Crippen molar-refractivity contribution in [2.75, 3.05) is 5.32 Å². The number of hydrogen-bond acceptors (Lipinski definition) is 3. The number of rotatable bonds is 5. The molecular weight excluding hydrogens is 287 g/mol. The van der Waals surface area contributed by atoms with Crippen molar-refractivity contribution in [3.8, 4) is 0 Å². The molecule has 0 radical (unpaired) electrons. The number of thioether (sulfide) groups is 1. The van der Waals surface area contributed by atoms with E-state index in [-0.39, 0.29) is 22.7 Å². The lowest BCUT2D eigenvalue weighted by Crippen LogP contribution is -2.08. The van der Waals surface area contributed by atoms with Crippen molar-refractivity contribution in [1.29, 1.82) is 0 Å². The standard InChI is InChI=1S/C14H14F3NOS/c1-2-12(13-4-3-9-19-13)18-10-5-7-11(8-6-10)20-14(15,16)17/h3-9,12,18H,2H2,1H3. The van der Waals surface area contributed by atoms with Crippen LogP contribution in [0.4, 0.5) is 18.9 Å². The van der Waals surface area contributed by atoms with Gasteiger partial charge in [0.15, 0.2) is 0 Å². The van der Waals surface area contributed by atoms with E-state index in [1.54, 1.807) is 18.4 Å². The fraction of sp³-hybridized carbons (Fsp3) is 0.286. The van der Waals surface area contributed by atoms with Crippen molar-refractivity contribution in [3.63, 3.8) is 0 Å². The van der Waals surface area contributed by atoms with E-state index >= 15 is 0 Å². The molecule has 0 bridgehead atoms. The first kappa shape index (κ1) is 14.8. The van der Waals surface area contributed by atoms with Crippen molar-refractivity contribution >= 4 is 17.4 Å². The molecule has 2 aromatic rings. The molecule has 6 heteroatoms. The van der Waals surface area contributed by atoms with Crippen LogP contribution in [0, 0.1) is 0 Å². The first-order chi connectivity index (χ1) is 9.48. The lowest BCUT2D eigenvalue weighted by atomic mass is 10.1. The molecule has 0 saturated heterocycles. The highest BCUT2D eigenvalue weighted by atomic mass is 32.2. The van der Waals surface area contributed by atoms with Gasteiger partial charge in [0.05, 0.1) is 12.3 Å². The summed E-state index contributed by atoms with van der Waals surface area (Å²) in [5, 5.41) is 3.24. The van der Waals surface area contributed by atoms with Crippen LogP contribution in [-0.4, -0.2) is 5.51 Å². The Hall–Kier alpha value is -1.56. The normalized spacial score (nSPS) is 13.2. The van der Waals surface area contributed by atoms with Gasteiger partial charge in [0, 0.05) is 10.6 Å². The number of hydrogen-bond donors (Lipinski definition) is 1. The maximum atomic E-state index is 12.2. The molecule has 108 valence electrons. The number of furan rings is 1. The highest BCUT2D eigenvalue weighted by Crippen LogP contribution is 2.37. The number of nitrogens with one attached hydrogen (secondary N) is 1. The summed E-state index contributed by atoms with van der Waals surface area (Å²) in [6.45, 7) is 2.01. The number of anilines is 1. The molecular formula is C14H14F3NOS. The Balaban J connectivity index is 2.03. The molecule has 0 aliphatic carbocycles. The van der Waals surface area contributed by atoms with E-state index in [9.17, 15) is 13.2 Å². The van der Waals surface area contributed by atoms with Crippen molar-refractivity contribution < 1.29 is 17.6 Å². The van der Waals surface area contributed by atoms with Gasteiger partial charge in [0.2, 0.25) is 0 Å². The molecule has 0 saturated carbocycles. The zero-order valence-corrected chi connectivity index (χ0v) is 11.6. The van der Waals surface area contributed by atoms with Crippen molar-refractivity contribution in [3.05, 3.63) is 48.4 Å². The molecule has 1 N–H and O–H groups in total. The van der Waals surface area contributed by atoms with Gasteiger partial charge in [-0.2, -0.15) is 13.2 Å². The van der Waals surface area contributed by atoms with Crippen molar-refractivity contribution in [2.45, 2.75) is 29.8 Å². The monoisotopic (exact) mass is 301 g/mol. The van der Waals surface area contributed by atoms with Gasteiger partial charge >= 0.3 is 5.51 Å². The lowest BCUT2D eigenvalue weighted by Gasteiger charge is -2.16. The Morgan fingerprint density at radius 2 is 1.90 bits per heavy atom. The molecule has 0 amide bonds. The molecule has 20 heavy (non-hydrogen) atoms. The van der Waals surface area contributed by atoms with E-state index in [1.807, 2.05) is 19.1 Å². The maximum Gasteiger partial charge on any atom is 0.446 e. The predicted molar refractivity (Wildman–Crippen MR) is 73.7 cm³/mol. The van der Waals surface area contributed by atoms with Crippen LogP contribution >= 0.6 is 11.8 Å². The number of halogens is 3. The van der Waals surface area contributed by atoms with Crippen LogP contribution in [-0.2, 0) is 0 Å². The Morgan fingerprint density at radius 1 is 1.20 bits per heavy atom. The SMILES string of the molecule is CCC(Nc1ccc(SC(F)(F)F)cc1)c1ccco1. The Kier molecular flexibility index (Phi) is 4.65. The van der Waals surface area contributed by atoms with Gasteiger partial charge in [-0.25, -0.2) is 0 Å². The van der Waals surface area contributed by atoms with Gasteiger partial charge in [0.1, 0.15) is 5.76 Å². The summed E-state index contributed by atoms with van der Waals surface area (Å²) in [7, 11) is 0. The van der Waals surface area contributed by atoms with Crippen LogP contribution in [0.25, 0.3) is 0 Å². The van der Waals surface area contributed by atoms with Crippen LogP contribution in [0.1, 0.15) is 25.1 Å². The van der Waals surface area contributed by atoms with E-state index in [0.717, 1.165) is 17.9 Å². The van der Waals surface area contributed by atoms with Gasteiger partial charge in [-0.15, -0.1) is 0 Å². The molecule has 1 aromatic carbocycles. The van der Waals surface area contributed by atoms with Gasteiger partial charge in [-0.3, -0.25) is 0 Å². The minimum absolute atomic E-state index is 0.00567. The van der Waals surface area contributed by atoms with E-state index < -0.39 is 5.51 Å². The lowest BCUT2D eigenvalue weighted by molar-refractivity contribution is -0.0328. The topological polar surface area (TPSA) is 25.2 Å². The minimum atomic E-state index is -4.25. The van der Waals surface area contributed by atoms with Crippen LogP contribution in [0.5, 0.6) is 0 Å². The third kappa shape index (κ3) is 4.23. The van der Waals surface area contributed by atoms with E-state index in [2.05, 4.69) is 5.32 Å². The number of alkyl halides is 3. The Labute approximate surface area is 119 Å². The summed E-state index contributed by atoms with van der Waals surface area (Å²) in [5.41, 5.74) is -3.49. The van der Waals surface area contributed by atoms with Crippen molar-refractivity contribution in [2.24, 2.45) is 0 Å². The highest BCUT2D eigenvalue weighted by Gasteiger charge is 2.29. The average Bonchev–Trinajstić information content (AvgIpc) is 2.90. The molecule has 0 aliphatic heterocycles. The number of benzene rings is 1. The summed E-state index contributed by atoms with van der Waals surface area (Å²) in [6, 6.07) is 9.87. The molecule has 1 aromatic heterocycles. The first-order valence-electron chi connectivity index (χ1n) is 6.13.